The number of methoxy groups -OCH3 is 4. The molecule has 0 aromatic heterocycles. The van der Waals surface area contributed by atoms with Crippen LogP contribution in [0.4, 0.5) is 0 Å². The lowest BCUT2D eigenvalue weighted by atomic mass is 9.57. The molecule has 0 amide bonds. The van der Waals surface area contributed by atoms with Gasteiger partial charge in [0.1, 0.15) is 0 Å². The van der Waals surface area contributed by atoms with Crippen LogP contribution in [-0.4, -0.2) is 54.9 Å². The van der Waals surface area contributed by atoms with Gasteiger partial charge >= 0.3 is 0 Å². The average Bonchev–Trinajstić information content (AvgIpc) is 3.09. The van der Waals surface area contributed by atoms with Crippen LogP contribution in [0.2, 0.25) is 0 Å². The largest absolute Gasteiger partial charge is 0.384 e. The quantitative estimate of drug-likeness (QED) is 0.644. The van der Waals surface area contributed by atoms with Gasteiger partial charge in [-0.15, -0.1) is 0 Å². The molecular formula is C18H28O4. The third kappa shape index (κ3) is 0.968. The van der Waals surface area contributed by atoms with E-state index in [0.29, 0.717) is 11.8 Å². The zero-order valence-electron chi connectivity index (χ0n) is 14.6. The van der Waals surface area contributed by atoms with Crippen LogP contribution < -0.4 is 0 Å². The second-order valence-corrected chi connectivity index (χ2v) is 7.94. The highest BCUT2D eigenvalue weighted by molar-refractivity contribution is 5.71. The average molecular weight is 308 g/mol. The van der Waals surface area contributed by atoms with Gasteiger partial charge in [-0.1, -0.05) is 11.1 Å². The van der Waals surface area contributed by atoms with E-state index >= 15 is 0 Å². The van der Waals surface area contributed by atoms with Crippen LogP contribution >= 0.6 is 0 Å². The number of allylic oxidation sites excluding steroid dienone is 2. The fourth-order valence-corrected chi connectivity index (χ4v) is 7.84. The fraction of sp³-hybridized carbons (Fsp3) is 0.889. The van der Waals surface area contributed by atoms with E-state index in [1.165, 1.54) is 5.57 Å². The summed E-state index contributed by atoms with van der Waals surface area (Å²) < 4.78 is 22.8. The van der Waals surface area contributed by atoms with Gasteiger partial charge in [-0.3, -0.25) is 0 Å². The topological polar surface area (TPSA) is 36.9 Å². The van der Waals surface area contributed by atoms with E-state index in [0.717, 1.165) is 26.4 Å². The van der Waals surface area contributed by atoms with Crippen molar-refractivity contribution in [1.82, 2.24) is 0 Å². The molecule has 0 aromatic rings. The molecule has 5 rings (SSSR count). The SMILES string of the molecule is COCC12C3C(=C(C)C)C4C1(COC)C4(COC)C32COC. The van der Waals surface area contributed by atoms with E-state index in [1.807, 2.05) is 28.4 Å². The summed E-state index contributed by atoms with van der Waals surface area (Å²) in [6.07, 6.45) is 0. The summed E-state index contributed by atoms with van der Waals surface area (Å²) in [6.45, 7) is 7.75. The predicted molar refractivity (Wildman–Crippen MR) is 82.6 cm³/mol. The Morgan fingerprint density at radius 3 is 1.14 bits per heavy atom. The smallest absolute Gasteiger partial charge is 0.0537 e. The van der Waals surface area contributed by atoms with E-state index in [4.69, 9.17) is 18.9 Å². The minimum atomic E-state index is 0.205. The molecule has 22 heavy (non-hydrogen) atoms. The van der Waals surface area contributed by atoms with Crippen LogP contribution in [0.15, 0.2) is 11.1 Å². The lowest BCUT2D eigenvalue weighted by Crippen LogP contribution is -2.54. The summed E-state index contributed by atoms with van der Waals surface area (Å²) in [7, 11) is 7.29. The second-order valence-electron chi connectivity index (χ2n) is 7.94. The lowest BCUT2D eigenvalue weighted by Gasteiger charge is -2.49. The minimum Gasteiger partial charge on any atom is -0.384 e. The first kappa shape index (κ1) is 15.1. The highest BCUT2D eigenvalue weighted by Crippen LogP contribution is 3.16. The zero-order chi connectivity index (χ0) is 16.0. The number of rotatable bonds is 8. The van der Waals surface area contributed by atoms with E-state index in [2.05, 4.69) is 13.8 Å². The van der Waals surface area contributed by atoms with Gasteiger partial charge in [0, 0.05) is 50.1 Å². The Bertz CT molecular complexity index is 459. The Kier molecular flexibility index (Phi) is 2.86. The minimum absolute atomic E-state index is 0.205. The van der Waals surface area contributed by atoms with Crippen LogP contribution in [0.3, 0.4) is 0 Å². The second kappa shape index (κ2) is 4.15. The number of hydrogen-bond donors (Lipinski definition) is 0. The Morgan fingerprint density at radius 1 is 0.682 bits per heavy atom. The maximum absolute atomic E-state index is 5.70. The van der Waals surface area contributed by atoms with Crippen LogP contribution in [0.25, 0.3) is 0 Å². The Balaban J connectivity index is 1.88. The molecule has 0 unspecified atom stereocenters. The summed E-state index contributed by atoms with van der Waals surface area (Å²) in [4.78, 5) is 0. The van der Waals surface area contributed by atoms with Crippen molar-refractivity contribution in [3.05, 3.63) is 11.1 Å². The van der Waals surface area contributed by atoms with Crippen molar-refractivity contribution >= 4 is 0 Å². The van der Waals surface area contributed by atoms with Gasteiger partial charge in [0.05, 0.1) is 26.4 Å². The molecule has 0 heterocycles. The molecule has 2 bridgehead atoms. The highest BCUT2D eigenvalue weighted by atomic mass is 16.5. The molecule has 0 spiro atoms. The fourth-order valence-electron chi connectivity index (χ4n) is 7.84. The van der Waals surface area contributed by atoms with E-state index < -0.39 is 0 Å². The van der Waals surface area contributed by atoms with Crippen molar-refractivity contribution < 1.29 is 18.9 Å². The molecule has 0 aromatic carbocycles. The molecule has 0 atom stereocenters. The summed E-state index contributed by atoms with van der Waals surface area (Å²) in [6, 6.07) is 0. The molecule has 0 radical (unpaired) electrons. The van der Waals surface area contributed by atoms with Crippen LogP contribution in [0.5, 0.6) is 0 Å². The lowest BCUT2D eigenvalue weighted by molar-refractivity contribution is -0.137. The molecule has 5 aliphatic carbocycles. The predicted octanol–water partition coefficient (Wildman–Crippen LogP) is 2.14. The normalized spacial score (nSPS) is 52.4. The maximum Gasteiger partial charge on any atom is 0.0537 e. The molecule has 0 aliphatic heterocycles. The first-order valence-electron chi connectivity index (χ1n) is 8.18. The van der Waals surface area contributed by atoms with Crippen molar-refractivity contribution in [2.24, 2.45) is 33.5 Å². The molecule has 0 saturated heterocycles. The molecule has 5 aliphatic rings. The number of hydrogen-bond acceptors (Lipinski definition) is 4. The van der Waals surface area contributed by atoms with Crippen molar-refractivity contribution in [2.45, 2.75) is 13.8 Å². The first-order valence-corrected chi connectivity index (χ1v) is 8.18. The van der Waals surface area contributed by atoms with Gasteiger partial charge in [0.25, 0.3) is 0 Å². The molecule has 4 heteroatoms. The van der Waals surface area contributed by atoms with Gasteiger partial charge in [0.15, 0.2) is 0 Å². The van der Waals surface area contributed by atoms with Crippen molar-refractivity contribution in [1.29, 1.82) is 0 Å². The number of ether oxygens (including phenoxy) is 4. The molecule has 5 saturated carbocycles. The molecule has 5 fully saturated rings. The van der Waals surface area contributed by atoms with Gasteiger partial charge in [-0.05, 0) is 25.7 Å². The summed E-state index contributed by atoms with van der Waals surface area (Å²) in [5.41, 5.74) is 3.95. The van der Waals surface area contributed by atoms with Gasteiger partial charge < -0.3 is 18.9 Å². The van der Waals surface area contributed by atoms with E-state index in [-0.39, 0.29) is 21.7 Å². The molecule has 124 valence electrons. The third-order valence-electron chi connectivity index (χ3n) is 7.68. The molecule has 4 nitrogen and oxygen atoms in total. The van der Waals surface area contributed by atoms with Crippen molar-refractivity contribution in [3.63, 3.8) is 0 Å². The monoisotopic (exact) mass is 308 g/mol. The Hall–Kier alpha value is -0.420. The first-order chi connectivity index (χ1) is 10.6. The maximum atomic E-state index is 5.70. The van der Waals surface area contributed by atoms with Crippen LogP contribution in [-0.2, 0) is 18.9 Å². The van der Waals surface area contributed by atoms with Crippen molar-refractivity contribution in [3.8, 4) is 0 Å². The van der Waals surface area contributed by atoms with Crippen molar-refractivity contribution in [2.75, 3.05) is 54.9 Å². The van der Waals surface area contributed by atoms with E-state index in [9.17, 15) is 0 Å². The molecule has 0 N–H and O–H groups in total. The summed E-state index contributed by atoms with van der Waals surface area (Å²) >= 11 is 0. The zero-order valence-corrected chi connectivity index (χ0v) is 14.6. The molecular weight excluding hydrogens is 280 g/mol. The summed E-state index contributed by atoms with van der Waals surface area (Å²) in [5.74, 6) is 1.19. The van der Waals surface area contributed by atoms with Gasteiger partial charge in [-0.2, -0.15) is 0 Å². The highest BCUT2D eigenvalue weighted by Gasteiger charge is 3.18. The van der Waals surface area contributed by atoms with Gasteiger partial charge in [0.2, 0.25) is 0 Å². The Labute approximate surface area is 133 Å². The van der Waals surface area contributed by atoms with Gasteiger partial charge in [-0.25, -0.2) is 0 Å². The van der Waals surface area contributed by atoms with Crippen LogP contribution in [0.1, 0.15) is 13.8 Å². The third-order valence-corrected chi connectivity index (χ3v) is 7.68. The Morgan fingerprint density at radius 2 is 0.955 bits per heavy atom. The summed E-state index contributed by atoms with van der Waals surface area (Å²) in [5, 5.41) is 0. The van der Waals surface area contributed by atoms with Crippen LogP contribution in [0, 0.1) is 33.5 Å². The standard InChI is InChI=1S/C18H28O4/c1-11(2)12-13-15(7-19-3)16(13,8-20-4)18(10-22-6)14(12)17(15,18)9-21-5/h13-14H,7-10H2,1-6H3. The van der Waals surface area contributed by atoms with E-state index in [1.54, 1.807) is 5.57 Å².